The van der Waals surface area contributed by atoms with Crippen molar-refractivity contribution < 1.29 is 35.5 Å². The second-order valence-corrected chi connectivity index (χ2v) is 5.15. The van der Waals surface area contributed by atoms with Crippen LogP contribution in [0.3, 0.4) is 0 Å². The molecule has 1 unspecified atom stereocenters. The Morgan fingerprint density at radius 1 is 0.958 bits per heavy atom. The van der Waals surface area contributed by atoms with E-state index >= 15 is 0 Å². The lowest BCUT2D eigenvalue weighted by atomic mass is 10.1. The minimum Gasteiger partial charge on any atom is -0.322 e. The summed E-state index contributed by atoms with van der Waals surface area (Å²) in [6.45, 7) is 0. The Labute approximate surface area is 132 Å². The summed E-state index contributed by atoms with van der Waals surface area (Å²) < 4.78 is 91.6. The van der Waals surface area contributed by atoms with Crippen LogP contribution in [0.4, 0.5) is 36.4 Å². The van der Waals surface area contributed by atoms with Crippen molar-refractivity contribution in [1.29, 1.82) is 0 Å². The molecule has 0 heterocycles. The first-order valence-electron chi connectivity index (χ1n) is 6.14. The fourth-order valence-electron chi connectivity index (χ4n) is 1.82. The van der Waals surface area contributed by atoms with Crippen molar-refractivity contribution in [3.05, 3.63) is 58.7 Å². The van der Waals surface area contributed by atoms with Crippen LogP contribution in [0.2, 0.25) is 0 Å². The molecule has 0 aliphatic heterocycles. The molecule has 2 aromatic carbocycles. The second kappa shape index (κ2) is 6.39. The van der Waals surface area contributed by atoms with E-state index in [0.29, 0.717) is 6.07 Å². The fraction of sp³-hybridized carbons (Fsp3) is 0.0714. The molecule has 24 heavy (non-hydrogen) atoms. The third kappa shape index (κ3) is 3.36. The molecule has 0 radical (unpaired) electrons. The second-order valence-electron chi connectivity index (χ2n) is 4.58. The monoisotopic (exact) mass is 369 g/mol. The molecule has 0 aliphatic carbocycles. The van der Waals surface area contributed by atoms with Crippen LogP contribution in [0, 0.1) is 23.3 Å². The number of hydrogen-bond donors (Lipinski definition) is 1. The topological polar surface area (TPSA) is 29.1 Å². The Morgan fingerprint density at radius 3 is 2.17 bits per heavy atom. The number of alkyl halides is 3. The maximum Gasteiger partial charge on any atom is 0.416 e. The molecule has 1 amide bonds. The summed E-state index contributed by atoms with van der Waals surface area (Å²) in [5.74, 6) is -9.23. The minimum absolute atomic E-state index is 0.427. The lowest BCUT2D eigenvalue weighted by molar-refractivity contribution is -0.137. The summed E-state index contributed by atoms with van der Waals surface area (Å²) in [5, 5.41) is 0.798. The number of nitrogens with one attached hydrogen (secondary N) is 1. The van der Waals surface area contributed by atoms with Crippen molar-refractivity contribution in [2.45, 2.75) is 6.18 Å². The standard InChI is InChI=1S/C14H7F7NOP/c15-8-7(9(16)12(24)11(18)10(8)17)13(23)22-6-3-1-2-5(4-6)14(19,20)21/h1-4H,24H2,(H,22,23). The highest BCUT2D eigenvalue weighted by atomic mass is 31.0. The zero-order chi connectivity index (χ0) is 18.2. The molecule has 1 N–H and O–H groups in total. The van der Waals surface area contributed by atoms with Crippen LogP contribution in [0.15, 0.2) is 24.3 Å². The van der Waals surface area contributed by atoms with Gasteiger partial charge in [0.2, 0.25) is 0 Å². The first-order valence-corrected chi connectivity index (χ1v) is 6.71. The zero-order valence-electron chi connectivity index (χ0n) is 11.4. The lowest BCUT2D eigenvalue weighted by Crippen LogP contribution is -2.23. The van der Waals surface area contributed by atoms with Gasteiger partial charge in [0.15, 0.2) is 17.5 Å². The van der Waals surface area contributed by atoms with Gasteiger partial charge < -0.3 is 5.32 Å². The van der Waals surface area contributed by atoms with Crippen molar-refractivity contribution in [2.24, 2.45) is 0 Å². The van der Waals surface area contributed by atoms with Gasteiger partial charge in [-0.05, 0) is 18.2 Å². The van der Waals surface area contributed by atoms with Crippen LogP contribution in [-0.4, -0.2) is 5.91 Å². The highest BCUT2D eigenvalue weighted by Crippen LogP contribution is 2.31. The van der Waals surface area contributed by atoms with Gasteiger partial charge in [-0.2, -0.15) is 13.2 Å². The minimum atomic E-state index is -4.70. The number of hydrogen-bond acceptors (Lipinski definition) is 1. The summed E-state index contributed by atoms with van der Waals surface area (Å²) in [7, 11) is 1.47. The average molecular weight is 369 g/mol. The van der Waals surface area contributed by atoms with Gasteiger partial charge in [0, 0.05) is 11.0 Å². The molecule has 0 spiro atoms. The van der Waals surface area contributed by atoms with Gasteiger partial charge in [0.1, 0.15) is 11.4 Å². The molecule has 10 heteroatoms. The van der Waals surface area contributed by atoms with Crippen molar-refractivity contribution in [3.63, 3.8) is 0 Å². The predicted octanol–water partition coefficient (Wildman–Crippen LogP) is 4.01. The summed E-state index contributed by atoms with van der Waals surface area (Å²) >= 11 is 0. The summed E-state index contributed by atoms with van der Waals surface area (Å²) in [6.07, 6.45) is -4.70. The molecule has 0 aliphatic rings. The molecule has 0 saturated carbocycles. The number of halogens is 7. The normalized spacial score (nSPS) is 11.5. The number of benzene rings is 2. The Morgan fingerprint density at radius 2 is 1.58 bits per heavy atom. The number of carbonyl (C=O) groups excluding carboxylic acids is 1. The first kappa shape index (κ1) is 18.2. The average Bonchev–Trinajstić information content (AvgIpc) is 2.50. The number of anilines is 1. The third-order valence-corrected chi connectivity index (χ3v) is 3.48. The highest BCUT2D eigenvalue weighted by Gasteiger charge is 2.31. The van der Waals surface area contributed by atoms with Crippen molar-refractivity contribution >= 4 is 26.1 Å². The van der Waals surface area contributed by atoms with Crippen LogP contribution < -0.4 is 10.6 Å². The maximum absolute atomic E-state index is 13.8. The zero-order valence-corrected chi connectivity index (χ0v) is 12.6. The van der Waals surface area contributed by atoms with E-state index in [1.807, 2.05) is 5.32 Å². The molecule has 2 rings (SSSR count). The molecule has 2 aromatic rings. The Bertz CT molecular complexity index is 790. The molecule has 0 aromatic heterocycles. The van der Waals surface area contributed by atoms with E-state index in [1.165, 1.54) is 9.24 Å². The van der Waals surface area contributed by atoms with Crippen molar-refractivity contribution in [1.82, 2.24) is 0 Å². The van der Waals surface area contributed by atoms with Crippen LogP contribution in [0.5, 0.6) is 0 Å². The Balaban J connectivity index is 2.42. The van der Waals surface area contributed by atoms with Crippen molar-refractivity contribution in [3.8, 4) is 0 Å². The molecule has 2 nitrogen and oxygen atoms in total. The van der Waals surface area contributed by atoms with Gasteiger partial charge in [-0.15, -0.1) is 0 Å². The molecular formula is C14H7F7NOP. The Kier molecular flexibility index (Phi) is 4.85. The first-order chi connectivity index (χ1) is 11.0. The SMILES string of the molecule is O=C(Nc1cccc(C(F)(F)F)c1)c1c(F)c(F)c(F)c(P)c1F. The third-order valence-electron chi connectivity index (χ3n) is 2.97. The smallest absolute Gasteiger partial charge is 0.322 e. The molecule has 0 saturated heterocycles. The summed E-state index contributed by atoms with van der Waals surface area (Å²) in [4.78, 5) is 11.9. The molecular weight excluding hydrogens is 362 g/mol. The predicted molar refractivity (Wildman–Crippen MR) is 75.0 cm³/mol. The van der Waals surface area contributed by atoms with Gasteiger partial charge in [0.05, 0.1) is 5.56 Å². The van der Waals surface area contributed by atoms with Gasteiger partial charge in [-0.1, -0.05) is 15.3 Å². The van der Waals surface area contributed by atoms with Crippen LogP contribution in [-0.2, 0) is 6.18 Å². The van der Waals surface area contributed by atoms with E-state index < -0.39 is 57.5 Å². The number of carbonyl (C=O) groups is 1. The van der Waals surface area contributed by atoms with Crippen LogP contribution >= 0.6 is 9.24 Å². The summed E-state index contributed by atoms with van der Waals surface area (Å²) in [6, 6.07) is 3.23. The number of rotatable bonds is 2. The largest absolute Gasteiger partial charge is 0.416 e. The van der Waals surface area contributed by atoms with E-state index in [2.05, 4.69) is 0 Å². The van der Waals surface area contributed by atoms with E-state index in [4.69, 9.17) is 0 Å². The molecule has 1 atom stereocenters. The quantitative estimate of drug-likeness (QED) is 0.369. The van der Waals surface area contributed by atoms with Gasteiger partial charge in [-0.25, -0.2) is 17.6 Å². The van der Waals surface area contributed by atoms with E-state index in [0.717, 1.165) is 18.2 Å². The van der Waals surface area contributed by atoms with Gasteiger partial charge in [-0.3, -0.25) is 4.79 Å². The Hall–Kier alpha value is -2.15. The van der Waals surface area contributed by atoms with Gasteiger partial charge >= 0.3 is 6.18 Å². The highest BCUT2D eigenvalue weighted by molar-refractivity contribution is 7.27. The van der Waals surface area contributed by atoms with Crippen LogP contribution in [0.25, 0.3) is 0 Å². The van der Waals surface area contributed by atoms with Crippen molar-refractivity contribution in [2.75, 3.05) is 5.32 Å². The van der Waals surface area contributed by atoms with E-state index in [-0.39, 0.29) is 0 Å². The number of amides is 1. The van der Waals surface area contributed by atoms with Crippen LogP contribution in [0.1, 0.15) is 15.9 Å². The molecule has 0 fully saturated rings. The molecule has 0 bridgehead atoms. The fourth-order valence-corrected chi connectivity index (χ4v) is 2.09. The van der Waals surface area contributed by atoms with E-state index in [1.54, 1.807) is 0 Å². The molecule has 128 valence electrons. The van der Waals surface area contributed by atoms with Gasteiger partial charge in [0.25, 0.3) is 5.91 Å². The lowest BCUT2D eigenvalue weighted by Gasteiger charge is -2.12. The summed E-state index contributed by atoms with van der Waals surface area (Å²) in [5.41, 5.74) is -2.99. The van der Waals surface area contributed by atoms with E-state index in [9.17, 15) is 35.5 Å². The maximum atomic E-state index is 13.8.